The van der Waals surface area contributed by atoms with E-state index in [0.29, 0.717) is 6.42 Å². The number of ether oxygens (including phenoxy) is 2. The van der Waals surface area contributed by atoms with E-state index < -0.39 is 0 Å². The third-order valence-corrected chi connectivity index (χ3v) is 3.69. The second kappa shape index (κ2) is 6.61. The molecule has 1 aromatic carbocycles. The lowest BCUT2D eigenvalue weighted by Crippen LogP contribution is -2.32. The first-order valence-electron chi connectivity index (χ1n) is 6.88. The normalized spacial score (nSPS) is 14.7. The molecule has 0 aromatic heterocycles. The molecule has 0 atom stereocenters. The maximum absolute atomic E-state index is 10.8. The Kier molecular flexibility index (Phi) is 4.84. The minimum Gasteiger partial charge on any atom is -0.493 e. The molecule has 0 radical (unpaired) electrons. The van der Waals surface area contributed by atoms with Crippen LogP contribution in [0.3, 0.4) is 0 Å². The van der Waals surface area contributed by atoms with Gasteiger partial charge in [-0.05, 0) is 42.6 Å². The van der Waals surface area contributed by atoms with Gasteiger partial charge in [0.25, 0.3) is 0 Å². The summed E-state index contributed by atoms with van der Waals surface area (Å²) in [6.07, 6.45) is 2.26. The van der Waals surface area contributed by atoms with E-state index in [1.165, 1.54) is 11.1 Å². The predicted octanol–water partition coefficient (Wildman–Crippen LogP) is 1.33. The van der Waals surface area contributed by atoms with Crippen LogP contribution in [0.15, 0.2) is 12.1 Å². The number of benzene rings is 1. The molecule has 0 unspecified atom stereocenters. The summed E-state index contributed by atoms with van der Waals surface area (Å²) in [5.41, 5.74) is 7.75. The monoisotopic (exact) mass is 278 g/mol. The smallest absolute Gasteiger partial charge is 0.217 e. The summed E-state index contributed by atoms with van der Waals surface area (Å²) >= 11 is 0. The highest BCUT2D eigenvalue weighted by Gasteiger charge is 2.19. The van der Waals surface area contributed by atoms with Crippen molar-refractivity contribution in [2.45, 2.75) is 25.8 Å². The number of primary amides is 1. The Morgan fingerprint density at radius 1 is 1.25 bits per heavy atom. The summed E-state index contributed by atoms with van der Waals surface area (Å²) in [4.78, 5) is 13.1. The van der Waals surface area contributed by atoms with Crippen LogP contribution in [-0.2, 0) is 17.8 Å². The van der Waals surface area contributed by atoms with Crippen LogP contribution in [-0.4, -0.2) is 38.1 Å². The van der Waals surface area contributed by atoms with E-state index in [4.69, 9.17) is 15.2 Å². The molecular weight excluding hydrogens is 256 g/mol. The van der Waals surface area contributed by atoms with E-state index in [0.717, 1.165) is 44.0 Å². The average Bonchev–Trinajstić information content (AvgIpc) is 2.45. The van der Waals surface area contributed by atoms with Gasteiger partial charge in [-0.25, -0.2) is 0 Å². The summed E-state index contributed by atoms with van der Waals surface area (Å²) < 4.78 is 10.7. The highest BCUT2D eigenvalue weighted by molar-refractivity contribution is 5.73. The van der Waals surface area contributed by atoms with E-state index in [1.54, 1.807) is 14.2 Å². The van der Waals surface area contributed by atoms with E-state index in [2.05, 4.69) is 17.0 Å². The number of carbonyl (C=O) groups excluding carboxylic acids is 1. The maximum atomic E-state index is 10.8. The van der Waals surface area contributed by atoms with Crippen molar-refractivity contribution in [3.8, 4) is 11.5 Å². The molecule has 0 fully saturated rings. The van der Waals surface area contributed by atoms with Gasteiger partial charge < -0.3 is 15.2 Å². The van der Waals surface area contributed by atoms with Crippen molar-refractivity contribution >= 4 is 5.91 Å². The van der Waals surface area contributed by atoms with Gasteiger partial charge in [0, 0.05) is 19.5 Å². The molecule has 0 aliphatic carbocycles. The van der Waals surface area contributed by atoms with Crippen molar-refractivity contribution in [2.75, 3.05) is 27.3 Å². The highest BCUT2D eigenvalue weighted by Crippen LogP contribution is 2.33. The van der Waals surface area contributed by atoms with Gasteiger partial charge in [-0.2, -0.15) is 0 Å². The molecule has 110 valence electrons. The minimum atomic E-state index is -0.228. The fraction of sp³-hybridized carbons (Fsp3) is 0.533. The number of fused-ring (bicyclic) bond motifs is 1. The molecule has 1 heterocycles. The number of hydrogen-bond acceptors (Lipinski definition) is 4. The standard InChI is InChI=1S/C15H22N2O3/c1-19-13-8-11-5-7-17(6-3-4-15(16)18)10-12(11)9-14(13)20-2/h8-9H,3-7,10H2,1-2H3,(H2,16,18). The van der Waals surface area contributed by atoms with Crippen LogP contribution in [0.25, 0.3) is 0 Å². The number of rotatable bonds is 6. The first-order valence-corrected chi connectivity index (χ1v) is 6.88. The lowest BCUT2D eigenvalue weighted by Gasteiger charge is -2.29. The molecule has 5 heteroatoms. The van der Waals surface area contributed by atoms with E-state index >= 15 is 0 Å². The lowest BCUT2D eigenvalue weighted by atomic mass is 9.98. The van der Waals surface area contributed by atoms with E-state index in [1.807, 2.05) is 0 Å². The quantitative estimate of drug-likeness (QED) is 0.852. The Morgan fingerprint density at radius 3 is 2.50 bits per heavy atom. The van der Waals surface area contributed by atoms with Crippen molar-refractivity contribution in [3.63, 3.8) is 0 Å². The first-order chi connectivity index (χ1) is 9.63. The number of nitrogens with two attached hydrogens (primary N) is 1. The van der Waals surface area contributed by atoms with Crippen molar-refractivity contribution in [2.24, 2.45) is 5.73 Å². The van der Waals surface area contributed by atoms with Crippen LogP contribution in [0, 0.1) is 0 Å². The molecule has 0 bridgehead atoms. The summed E-state index contributed by atoms with van der Waals surface area (Å²) in [5.74, 6) is 1.33. The third-order valence-electron chi connectivity index (χ3n) is 3.69. The minimum absolute atomic E-state index is 0.228. The second-order valence-electron chi connectivity index (χ2n) is 5.07. The Bertz CT molecular complexity index is 488. The Hall–Kier alpha value is -1.75. The average molecular weight is 278 g/mol. The molecule has 1 aromatic rings. The SMILES string of the molecule is COc1cc2c(cc1OC)CN(CCCC(N)=O)CC2. The van der Waals surface area contributed by atoms with Gasteiger partial charge in [0.05, 0.1) is 14.2 Å². The van der Waals surface area contributed by atoms with Gasteiger partial charge in [0.1, 0.15) is 0 Å². The summed E-state index contributed by atoms with van der Waals surface area (Å²) in [5, 5.41) is 0. The molecule has 0 saturated heterocycles. The number of amides is 1. The van der Waals surface area contributed by atoms with Gasteiger partial charge in [0.2, 0.25) is 5.91 Å². The van der Waals surface area contributed by atoms with Gasteiger partial charge in [0.15, 0.2) is 11.5 Å². The molecule has 1 amide bonds. The number of carbonyl (C=O) groups is 1. The highest BCUT2D eigenvalue weighted by atomic mass is 16.5. The van der Waals surface area contributed by atoms with Gasteiger partial charge in [-0.15, -0.1) is 0 Å². The third kappa shape index (κ3) is 3.42. The van der Waals surface area contributed by atoms with Crippen LogP contribution in [0.2, 0.25) is 0 Å². The van der Waals surface area contributed by atoms with Crippen LogP contribution in [0.1, 0.15) is 24.0 Å². The van der Waals surface area contributed by atoms with Crippen LogP contribution in [0.5, 0.6) is 11.5 Å². The number of nitrogens with zero attached hydrogens (tertiary/aromatic N) is 1. The predicted molar refractivity (Wildman–Crippen MR) is 77.0 cm³/mol. The fourth-order valence-electron chi connectivity index (χ4n) is 2.61. The van der Waals surface area contributed by atoms with Crippen molar-refractivity contribution in [3.05, 3.63) is 23.3 Å². The molecule has 0 saturated carbocycles. The Balaban J connectivity index is 2.03. The fourth-order valence-corrected chi connectivity index (χ4v) is 2.61. The molecule has 1 aliphatic heterocycles. The van der Waals surface area contributed by atoms with Crippen molar-refractivity contribution in [1.29, 1.82) is 0 Å². The summed E-state index contributed by atoms with van der Waals surface area (Å²) in [6, 6.07) is 4.11. The number of methoxy groups -OCH3 is 2. The number of hydrogen-bond donors (Lipinski definition) is 1. The summed E-state index contributed by atoms with van der Waals surface area (Å²) in [6.45, 7) is 2.78. The molecule has 2 N–H and O–H groups in total. The van der Waals surface area contributed by atoms with Crippen LogP contribution < -0.4 is 15.2 Å². The largest absolute Gasteiger partial charge is 0.493 e. The zero-order valence-corrected chi connectivity index (χ0v) is 12.1. The molecular formula is C15H22N2O3. The van der Waals surface area contributed by atoms with Gasteiger partial charge in [-0.1, -0.05) is 0 Å². The topological polar surface area (TPSA) is 64.8 Å². The lowest BCUT2D eigenvalue weighted by molar-refractivity contribution is -0.118. The van der Waals surface area contributed by atoms with E-state index in [9.17, 15) is 4.79 Å². The van der Waals surface area contributed by atoms with Gasteiger partial charge >= 0.3 is 0 Å². The zero-order chi connectivity index (χ0) is 14.5. The molecule has 0 spiro atoms. The van der Waals surface area contributed by atoms with E-state index in [-0.39, 0.29) is 5.91 Å². The first kappa shape index (κ1) is 14.7. The second-order valence-corrected chi connectivity index (χ2v) is 5.07. The van der Waals surface area contributed by atoms with Crippen molar-refractivity contribution in [1.82, 2.24) is 4.90 Å². The summed E-state index contributed by atoms with van der Waals surface area (Å²) in [7, 11) is 3.31. The molecule has 5 nitrogen and oxygen atoms in total. The van der Waals surface area contributed by atoms with Crippen LogP contribution in [0.4, 0.5) is 0 Å². The molecule has 20 heavy (non-hydrogen) atoms. The van der Waals surface area contributed by atoms with Crippen molar-refractivity contribution < 1.29 is 14.3 Å². The maximum Gasteiger partial charge on any atom is 0.217 e. The Labute approximate surface area is 119 Å². The van der Waals surface area contributed by atoms with Gasteiger partial charge in [-0.3, -0.25) is 9.69 Å². The van der Waals surface area contributed by atoms with Crippen LogP contribution >= 0.6 is 0 Å². The molecule has 2 rings (SSSR count). The zero-order valence-electron chi connectivity index (χ0n) is 12.1. The molecule has 1 aliphatic rings. The Morgan fingerprint density at radius 2 is 1.90 bits per heavy atom.